The van der Waals surface area contributed by atoms with Gasteiger partial charge in [0.2, 0.25) is 15.0 Å². The Balaban J connectivity index is 2.05. The van der Waals surface area contributed by atoms with Gasteiger partial charge in [-0.1, -0.05) is 0 Å². The number of aromatic amines is 1. The van der Waals surface area contributed by atoms with Crippen LogP contribution < -0.4 is 10.9 Å². The van der Waals surface area contributed by atoms with Crippen molar-refractivity contribution in [3.8, 4) is 0 Å². The van der Waals surface area contributed by atoms with Gasteiger partial charge in [-0.3, -0.25) is 14.7 Å². The fraction of sp³-hybridized carbons (Fsp3) is 0.688. The van der Waals surface area contributed by atoms with Crippen LogP contribution in [-0.4, -0.2) is 60.4 Å². The summed E-state index contributed by atoms with van der Waals surface area (Å²) in [7, 11) is -3.59. The maximum absolute atomic E-state index is 12.1. The average molecular weight is 386 g/mol. The molecule has 0 aromatic carbocycles. The molecule has 0 spiro atoms. The number of ether oxygens (including phenoxy) is 1. The van der Waals surface area contributed by atoms with Gasteiger partial charge in [0, 0.05) is 37.5 Å². The number of nitrogens with one attached hydrogen (secondary N) is 2. The molecule has 0 aliphatic carbocycles. The number of amides is 1. The first-order valence-electron chi connectivity index (χ1n) is 8.39. The summed E-state index contributed by atoms with van der Waals surface area (Å²) in [5.41, 5.74) is 0.00206. The van der Waals surface area contributed by atoms with Crippen molar-refractivity contribution in [1.29, 1.82) is 0 Å². The van der Waals surface area contributed by atoms with Gasteiger partial charge in [-0.15, -0.1) is 0 Å². The molecular formula is C16H26N4O5S. The average Bonchev–Trinajstić information content (AvgIpc) is 2.43. The third-order valence-electron chi connectivity index (χ3n) is 3.78. The van der Waals surface area contributed by atoms with Crippen molar-refractivity contribution in [2.45, 2.75) is 57.5 Å². The molecule has 1 aliphatic rings. The van der Waals surface area contributed by atoms with Gasteiger partial charge in [0.05, 0.1) is 5.69 Å². The predicted molar refractivity (Wildman–Crippen MR) is 95.8 cm³/mol. The topological polar surface area (TPSA) is 121 Å². The van der Waals surface area contributed by atoms with Crippen molar-refractivity contribution < 1.29 is 17.9 Å². The van der Waals surface area contributed by atoms with Crippen LogP contribution in [-0.2, 0) is 27.5 Å². The van der Waals surface area contributed by atoms with Crippen LogP contribution in [0.1, 0.15) is 39.0 Å². The van der Waals surface area contributed by atoms with Crippen LogP contribution in [0.3, 0.4) is 0 Å². The molecular weight excluding hydrogens is 360 g/mol. The third kappa shape index (κ3) is 5.53. The minimum absolute atomic E-state index is 0.178. The van der Waals surface area contributed by atoms with Crippen LogP contribution in [0.4, 0.5) is 4.79 Å². The molecule has 0 saturated heterocycles. The molecule has 1 aromatic rings. The lowest BCUT2D eigenvalue weighted by Crippen LogP contribution is -2.46. The number of carbonyl (C=O) groups excluding carboxylic acids is 1. The summed E-state index contributed by atoms with van der Waals surface area (Å²) in [5.74, 6) is 0. The van der Waals surface area contributed by atoms with E-state index in [0.717, 1.165) is 6.26 Å². The zero-order valence-electron chi connectivity index (χ0n) is 15.7. The van der Waals surface area contributed by atoms with Gasteiger partial charge in [-0.25, -0.2) is 18.2 Å². The van der Waals surface area contributed by atoms with E-state index in [0.29, 0.717) is 37.3 Å². The lowest BCUT2D eigenvalue weighted by molar-refractivity contribution is 0.0495. The fourth-order valence-corrected chi connectivity index (χ4v) is 3.30. The van der Waals surface area contributed by atoms with E-state index in [1.165, 1.54) is 0 Å². The second-order valence-electron chi connectivity index (χ2n) is 7.60. The summed E-state index contributed by atoms with van der Waals surface area (Å²) in [6, 6.07) is -0.178. The molecule has 1 atom stereocenters. The Morgan fingerprint density at radius 1 is 1.42 bits per heavy atom. The molecule has 2 heterocycles. The normalized spacial score (nSPS) is 16.7. The highest BCUT2D eigenvalue weighted by Crippen LogP contribution is 2.15. The lowest BCUT2D eigenvalue weighted by Gasteiger charge is -2.30. The Bertz CT molecular complexity index is 841. The molecule has 146 valence electrons. The van der Waals surface area contributed by atoms with Gasteiger partial charge < -0.3 is 10.1 Å². The molecule has 1 unspecified atom stereocenters. The molecule has 0 bridgehead atoms. The van der Waals surface area contributed by atoms with Crippen LogP contribution in [0.15, 0.2) is 9.95 Å². The monoisotopic (exact) mass is 386 g/mol. The van der Waals surface area contributed by atoms with Crippen molar-refractivity contribution in [1.82, 2.24) is 20.2 Å². The molecule has 1 aliphatic heterocycles. The number of nitrogens with zero attached hydrogens (tertiary/aromatic N) is 2. The van der Waals surface area contributed by atoms with Crippen LogP contribution in [0.2, 0.25) is 0 Å². The molecule has 1 aromatic heterocycles. The van der Waals surface area contributed by atoms with E-state index in [-0.39, 0.29) is 11.2 Å². The zero-order chi connectivity index (χ0) is 19.7. The number of hydrogen-bond acceptors (Lipinski definition) is 7. The standard InChI is InChI=1S/C16H26N4O5S/c1-10(17-15(22)25-16(2,3)4)8-20-7-6-11-12(9-20)18-14(19-13(11)21)26(5,23)24/h10H,6-9H2,1-5H3,(H,17,22)(H,18,19,21). The van der Waals surface area contributed by atoms with Crippen molar-refractivity contribution in [3.05, 3.63) is 21.6 Å². The largest absolute Gasteiger partial charge is 0.444 e. The van der Waals surface area contributed by atoms with Crippen LogP contribution in [0, 0.1) is 0 Å². The van der Waals surface area contributed by atoms with Gasteiger partial charge in [0.1, 0.15) is 5.60 Å². The first-order valence-corrected chi connectivity index (χ1v) is 10.3. The molecule has 1 amide bonds. The molecule has 2 rings (SSSR count). The van der Waals surface area contributed by atoms with E-state index in [1.54, 1.807) is 20.8 Å². The van der Waals surface area contributed by atoms with Gasteiger partial charge in [-0.05, 0) is 34.1 Å². The number of carbonyl (C=O) groups is 1. The highest BCUT2D eigenvalue weighted by molar-refractivity contribution is 7.90. The summed E-state index contributed by atoms with van der Waals surface area (Å²) in [5, 5.41) is 2.45. The Morgan fingerprint density at radius 2 is 2.08 bits per heavy atom. The second-order valence-corrected chi connectivity index (χ2v) is 9.53. The Kier molecular flexibility index (Phi) is 5.76. The quantitative estimate of drug-likeness (QED) is 0.720. The molecule has 10 heteroatoms. The molecule has 0 saturated carbocycles. The number of fused-ring (bicyclic) bond motifs is 1. The van der Waals surface area contributed by atoms with Gasteiger partial charge in [-0.2, -0.15) is 0 Å². The number of H-pyrrole nitrogens is 1. The van der Waals surface area contributed by atoms with E-state index in [9.17, 15) is 18.0 Å². The SMILES string of the molecule is CC(CN1CCc2c(nc(S(C)(=O)=O)[nH]c2=O)C1)NC(=O)OC(C)(C)C. The van der Waals surface area contributed by atoms with Gasteiger partial charge >= 0.3 is 6.09 Å². The number of hydrogen-bond donors (Lipinski definition) is 2. The van der Waals surface area contributed by atoms with Gasteiger partial charge in [0.25, 0.3) is 5.56 Å². The summed E-state index contributed by atoms with van der Waals surface area (Å²) >= 11 is 0. The first-order chi connectivity index (χ1) is 11.8. The van der Waals surface area contributed by atoms with Crippen molar-refractivity contribution in [2.24, 2.45) is 0 Å². The van der Waals surface area contributed by atoms with Crippen molar-refractivity contribution >= 4 is 15.9 Å². The summed E-state index contributed by atoms with van der Waals surface area (Å²) in [6.07, 6.45) is 0.989. The van der Waals surface area contributed by atoms with E-state index in [2.05, 4.69) is 15.3 Å². The Labute approximate surface area is 153 Å². The Morgan fingerprint density at radius 3 is 2.65 bits per heavy atom. The van der Waals surface area contributed by atoms with Crippen LogP contribution >= 0.6 is 0 Å². The molecule has 0 radical (unpaired) electrons. The van der Waals surface area contributed by atoms with Crippen LogP contribution in [0.5, 0.6) is 0 Å². The summed E-state index contributed by atoms with van der Waals surface area (Å²) in [6.45, 7) is 8.73. The summed E-state index contributed by atoms with van der Waals surface area (Å²) < 4.78 is 28.5. The molecule has 26 heavy (non-hydrogen) atoms. The third-order valence-corrected chi connectivity index (χ3v) is 4.67. The van der Waals surface area contributed by atoms with E-state index >= 15 is 0 Å². The minimum Gasteiger partial charge on any atom is -0.444 e. The molecule has 0 fully saturated rings. The maximum Gasteiger partial charge on any atom is 0.407 e. The van der Waals surface area contributed by atoms with Crippen molar-refractivity contribution in [3.63, 3.8) is 0 Å². The maximum atomic E-state index is 12.1. The smallest absolute Gasteiger partial charge is 0.407 e. The summed E-state index contributed by atoms with van der Waals surface area (Å²) in [4.78, 5) is 32.4. The van der Waals surface area contributed by atoms with Crippen molar-refractivity contribution in [2.75, 3.05) is 19.3 Å². The van der Waals surface area contributed by atoms with E-state index in [4.69, 9.17) is 4.74 Å². The molecule has 2 N–H and O–H groups in total. The molecule has 9 nitrogen and oxygen atoms in total. The number of aromatic nitrogens is 2. The van der Waals surface area contributed by atoms with E-state index < -0.39 is 27.1 Å². The number of rotatable bonds is 4. The van der Waals surface area contributed by atoms with E-state index in [1.807, 2.05) is 11.8 Å². The minimum atomic E-state index is -3.59. The predicted octanol–water partition coefficient (Wildman–Crippen LogP) is 0.445. The second kappa shape index (κ2) is 7.36. The number of sulfone groups is 1. The van der Waals surface area contributed by atoms with Gasteiger partial charge in [0.15, 0.2) is 0 Å². The lowest BCUT2D eigenvalue weighted by atomic mass is 10.1. The zero-order valence-corrected chi connectivity index (χ0v) is 16.6. The highest BCUT2D eigenvalue weighted by atomic mass is 32.2. The Hall–Kier alpha value is -1.94. The van der Waals surface area contributed by atoms with Crippen LogP contribution in [0.25, 0.3) is 0 Å². The fourth-order valence-electron chi connectivity index (χ4n) is 2.74. The highest BCUT2D eigenvalue weighted by Gasteiger charge is 2.25. The number of alkyl carbamates (subject to hydrolysis) is 1. The first kappa shape index (κ1) is 20.4.